The molecule has 4 aliphatic heterocycles. The SMILES string of the molecule is C[C@@H]1[C@@H]([Si](C)(C)F)[C@H](CC(=O)N2Cc3ccccc3C[C@H]2CO)O[C@@]12C(=O)N(Cc1ccc(N3CCOC3=O)cc1)c1ccc(Cl)cc12. The van der Waals surface area contributed by atoms with Crippen LogP contribution in [0, 0.1) is 5.92 Å². The number of benzene rings is 3. The van der Waals surface area contributed by atoms with Gasteiger partial charge >= 0.3 is 6.09 Å². The van der Waals surface area contributed by atoms with Crippen LogP contribution in [-0.4, -0.2) is 68.2 Å². The van der Waals surface area contributed by atoms with E-state index in [1.165, 1.54) is 0 Å². The largest absolute Gasteiger partial charge is 0.447 e. The fourth-order valence-corrected chi connectivity index (χ4v) is 11.0. The van der Waals surface area contributed by atoms with Crippen LogP contribution in [0.3, 0.4) is 0 Å². The van der Waals surface area contributed by atoms with Crippen LogP contribution >= 0.6 is 11.6 Å². The predicted octanol–water partition coefficient (Wildman–Crippen LogP) is 5.95. The van der Waals surface area contributed by atoms with Gasteiger partial charge in [-0.05, 0) is 66.5 Å². The van der Waals surface area contributed by atoms with Crippen molar-refractivity contribution in [3.05, 3.63) is 94.0 Å². The minimum atomic E-state index is -3.52. The van der Waals surface area contributed by atoms with Crippen molar-refractivity contribution in [1.29, 1.82) is 0 Å². The van der Waals surface area contributed by atoms with Crippen LogP contribution in [-0.2, 0) is 44.2 Å². The topological polar surface area (TPSA) is 99.6 Å². The Kier molecular flexibility index (Phi) is 8.38. The van der Waals surface area contributed by atoms with E-state index in [0.29, 0.717) is 48.1 Å². The first-order valence-electron chi connectivity index (χ1n) is 16.4. The first kappa shape index (κ1) is 32.8. The Bertz CT molecular complexity index is 1770. The van der Waals surface area contributed by atoms with Crippen LogP contribution in [0.2, 0.25) is 23.7 Å². The lowest BCUT2D eigenvalue weighted by Gasteiger charge is -2.37. The summed E-state index contributed by atoms with van der Waals surface area (Å²) in [6, 6.07) is 20.1. The van der Waals surface area contributed by atoms with E-state index in [1.54, 1.807) is 46.0 Å². The number of hydrogen-bond acceptors (Lipinski definition) is 6. The molecule has 1 N–H and O–H groups in total. The first-order valence-corrected chi connectivity index (χ1v) is 19.7. The molecule has 0 unspecified atom stereocenters. The molecule has 9 nitrogen and oxygen atoms in total. The Balaban J connectivity index is 1.20. The van der Waals surface area contributed by atoms with Gasteiger partial charge in [0.25, 0.3) is 5.91 Å². The molecule has 2 fully saturated rings. The monoisotopic (exact) mass is 691 g/mol. The van der Waals surface area contributed by atoms with Gasteiger partial charge in [0, 0.05) is 34.3 Å². The molecule has 5 atom stereocenters. The van der Waals surface area contributed by atoms with Gasteiger partial charge < -0.3 is 28.5 Å². The summed E-state index contributed by atoms with van der Waals surface area (Å²) in [4.78, 5) is 45.7. The smallest absolute Gasteiger partial charge is 0.414 e. The van der Waals surface area contributed by atoms with E-state index in [-0.39, 0.29) is 31.4 Å². The molecule has 3 aromatic carbocycles. The summed E-state index contributed by atoms with van der Waals surface area (Å²) >= 11 is 6.52. The fraction of sp³-hybridized carbons (Fsp3) is 0.417. The zero-order valence-corrected chi connectivity index (χ0v) is 29.0. The molecule has 4 aliphatic rings. The summed E-state index contributed by atoms with van der Waals surface area (Å²) in [7, 11) is -3.52. The van der Waals surface area contributed by atoms with Gasteiger partial charge in [0.05, 0.1) is 44.0 Å². The van der Waals surface area contributed by atoms with E-state index < -0.39 is 43.7 Å². The maximum atomic E-state index is 16.4. The summed E-state index contributed by atoms with van der Waals surface area (Å²) in [6.07, 6.45) is -0.832. The third kappa shape index (κ3) is 5.41. The van der Waals surface area contributed by atoms with Gasteiger partial charge in [0.2, 0.25) is 14.3 Å². The number of anilines is 2. The number of ether oxygens (including phenoxy) is 2. The molecule has 252 valence electrons. The van der Waals surface area contributed by atoms with Crippen molar-refractivity contribution >= 4 is 49.3 Å². The van der Waals surface area contributed by atoms with Crippen molar-refractivity contribution in [2.24, 2.45) is 5.92 Å². The molecule has 0 bridgehead atoms. The van der Waals surface area contributed by atoms with Gasteiger partial charge in [-0.1, -0.05) is 54.9 Å². The number of halogens is 2. The van der Waals surface area contributed by atoms with Crippen LogP contribution in [0.1, 0.15) is 35.6 Å². The summed E-state index contributed by atoms with van der Waals surface area (Å²) in [5, 5.41) is 10.6. The number of hydrogen-bond donors (Lipinski definition) is 1. The Hall–Kier alpha value is -3.77. The second-order valence-electron chi connectivity index (χ2n) is 13.8. The molecule has 0 aliphatic carbocycles. The second kappa shape index (κ2) is 12.3. The molecule has 0 saturated carbocycles. The number of cyclic esters (lactones) is 1. The van der Waals surface area contributed by atoms with Crippen LogP contribution in [0.15, 0.2) is 66.7 Å². The van der Waals surface area contributed by atoms with E-state index in [0.717, 1.165) is 16.7 Å². The molecule has 48 heavy (non-hydrogen) atoms. The minimum absolute atomic E-state index is 0.112. The summed E-state index contributed by atoms with van der Waals surface area (Å²) in [5.74, 6) is -1.15. The Morgan fingerprint density at radius 3 is 2.48 bits per heavy atom. The number of aliphatic hydroxyl groups is 1. The lowest BCUT2D eigenvalue weighted by molar-refractivity contribution is -0.151. The van der Waals surface area contributed by atoms with Gasteiger partial charge in [0.15, 0.2) is 5.60 Å². The molecular weight excluding hydrogens is 653 g/mol. The number of rotatable bonds is 7. The number of aliphatic hydroxyl groups excluding tert-OH is 1. The molecule has 4 heterocycles. The Labute approximate surface area is 285 Å². The van der Waals surface area contributed by atoms with E-state index in [4.69, 9.17) is 21.1 Å². The number of carbonyl (C=O) groups excluding carboxylic acids is 3. The second-order valence-corrected chi connectivity index (χ2v) is 18.0. The number of fused-ring (bicyclic) bond motifs is 3. The van der Waals surface area contributed by atoms with Gasteiger partial charge in [-0.2, -0.15) is 0 Å². The van der Waals surface area contributed by atoms with E-state index >= 15 is 4.11 Å². The van der Waals surface area contributed by atoms with Gasteiger partial charge in [-0.25, -0.2) is 4.79 Å². The van der Waals surface area contributed by atoms with E-state index in [9.17, 15) is 19.5 Å². The highest BCUT2D eigenvalue weighted by Gasteiger charge is 2.67. The zero-order chi connectivity index (χ0) is 34.0. The van der Waals surface area contributed by atoms with Crippen molar-refractivity contribution in [2.75, 3.05) is 29.6 Å². The van der Waals surface area contributed by atoms with Crippen molar-refractivity contribution in [3.63, 3.8) is 0 Å². The highest BCUT2D eigenvalue weighted by molar-refractivity contribution is 6.72. The quantitative estimate of drug-likeness (QED) is 0.243. The minimum Gasteiger partial charge on any atom is -0.447 e. The van der Waals surface area contributed by atoms with Crippen LogP contribution in [0.5, 0.6) is 0 Å². The number of carbonyl (C=O) groups is 3. The van der Waals surface area contributed by atoms with Gasteiger partial charge in [-0.15, -0.1) is 0 Å². The number of amides is 3. The van der Waals surface area contributed by atoms with Crippen molar-refractivity contribution in [2.45, 2.75) is 69.2 Å². The van der Waals surface area contributed by atoms with Crippen LogP contribution < -0.4 is 9.80 Å². The molecule has 0 radical (unpaired) electrons. The summed E-state index contributed by atoms with van der Waals surface area (Å²) < 4.78 is 28.2. The zero-order valence-electron chi connectivity index (χ0n) is 27.2. The molecule has 7 rings (SSSR count). The molecule has 2 saturated heterocycles. The molecule has 3 amide bonds. The lowest BCUT2D eigenvalue weighted by Crippen LogP contribution is -2.48. The molecule has 0 aromatic heterocycles. The van der Waals surface area contributed by atoms with E-state index in [1.807, 2.05) is 55.5 Å². The van der Waals surface area contributed by atoms with Crippen molar-refractivity contribution in [3.8, 4) is 0 Å². The van der Waals surface area contributed by atoms with Gasteiger partial charge in [-0.3, -0.25) is 14.5 Å². The predicted molar refractivity (Wildman–Crippen MR) is 182 cm³/mol. The average Bonchev–Trinajstić information content (AvgIpc) is 3.69. The third-order valence-corrected chi connectivity index (χ3v) is 13.2. The van der Waals surface area contributed by atoms with Crippen LogP contribution in [0.25, 0.3) is 0 Å². The number of nitrogens with zero attached hydrogens (tertiary/aromatic N) is 3. The van der Waals surface area contributed by atoms with Crippen molar-refractivity contribution in [1.82, 2.24) is 4.90 Å². The highest BCUT2D eigenvalue weighted by atomic mass is 35.5. The standard InChI is InChI=1S/C36H39ClFN3O6Si/c1-22-33(48(2,3)38)31(18-32(43)40-20-25-7-5-4-6-24(25)16-28(40)21-42)47-36(22)29-17-26(37)10-13-30(29)41(34(36)44)19-23-8-11-27(12-9-23)39-14-15-46-35(39)45/h4-13,17,22,28,31,33,42H,14-16,18-21H2,1-3H3/t22-,28+,31+,33-,36+/m1/s1. The highest BCUT2D eigenvalue weighted by Crippen LogP contribution is 2.60. The fourth-order valence-electron chi connectivity index (χ4n) is 8.30. The summed E-state index contributed by atoms with van der Waals surface area (Å²) in [6.45, 7) is 6.24. The Morgan fingerprint density at radius 1 is 1.08 bits per heavy atom. The summed E-state index contributed by atoms with van der Waals surface area (Å²) in [5.41, 5.74) is 2.64. The molecule has 3 aromatic rings. The first-order chi connectivity index (χ1) is 22.9. The maximum Gasteiger partial charge on any atom is 0.414 e. The third-order valence-electron chi connectivity index (χ3n) is 10.5. The van der Waals surface area contributed by atoms with Crippen molar-refractivity contribution < 1.29 is 33.1 Å². The normalized spacial score (nSPS) is 26.7. The average molecular weight is 692 g/mol. The molecule has 1 spiro atoms. The lowest BCUT2D eigenvalue weighted by atomic mass is 9.82. The molecule has 12 heteroatoms. The maximum absolute atomic E-state index is 16.4. The van der Waals surface area contributed by atoms with Gasteiger partial charge in [0.1, 0.15) is 6.61 Å². The van der Waals surface area contributed by atoms with E-state index in [2.05, 4.69) is 0 Å². The molecular formula is C36H39ClFN3O6Si. The van der Waals surface area contributed by atoms with Crippen LogP contribution in [0.4, 0.5) is 20.3 Å². The Morgan fingerprint density at radius 2 is 1.81 bits per heavy atom.